The van der Waals surface area contributed by atoms with Crippen LogP contribution in [0.2, 0.25) is 0 Å². The van der Waals surface area contributed by atoms with Crippen molar-refractivity contribution in [2.24, 2.45) is 0 Å². The number of nitriles is 1. The van der Waals surface area contributed by atoms with Gasteiger partial charge in [0.2, 0.25) is 0 Å². The number of rotatable bonds is 3. The van der Waals surface area contributed by atoms with Crippen LogP contribution in [-0.4, -0.2) is 15.2 Å². The van der Waals surface area contributed by atoms with Crippen molar-refractivity contribution >= 4 is 10.8 Å². The van der Waals surface area contributed by atoms with Gasteiger partial charge in [-0.1, -0.05) is 6.08 Å². The van der Waals surface area contributed by atoms with Crippen molar-refractivity contribution in [1.82, 2.24) is 0 Å². The second kappa shape index (κ2) is 3.52. The maximum absolute atomic E-state index is 10.9. The molecule has 0 radical (unpaired) electrons. The molecule has 0 fully saturated rings. The van der Waals surface area contributed by atoms with Crippen LogP contribution < -0.4 is 0 Å². The van der Waals surface area contributed by atoms with Crippen molar-refractivity contribution in [3.05, 3.63) is 12.7 Å². The number of allylic oxidation sites excluding steroid dienone is 1. The van der Waals surface area contributed by atoms with Crippen molar-refractivity contribution in [1.29, 1.82) is 5.26 Å². The molecule has 0 bridgehead atoms. The van der Waals surface area contributed by atoms with Gasteiger partial charge in [-0.2, -0.15) is 5.26 Å². The van der Waals surface area contributed by atoms with Crippen molar-refractivity contribution in [3.8, 4) is 6.07 Å². The lowest BCUT2D eigenvalue weighted by atomic mass is 10.1. The lowest BCUT2D eigenvalue weighted by Gasteiger charge is -2.14. The van der Waals surface area contributed by atoms with Crippen LogP contribution >= 0.6 is 0 Å². The number of nitrogens with zero attached hydrogens (tertiary/aromatic N) is 1. The van der Waals surface area contributed by atoms with Crippen LogP contribution in [0.5, 0.6) is 0 Å². The summed E-state index contributed by atoms with van der Waals surface area (Å²) < 4.78 is 10.2. The molecule has 0 aromatic rings. The van der Waals surface area contributed by atoms with Gasteiger partial charge in [0.1, 0.15) is 4.75 Å². The molecule has 0 saturated heterocycles. The zero-order valence-electron chi connectivity index (χ0n) is 6.26. The summed E-state index contributed by atoms with van der Waals surface area (Å²) in [6.45, 7) is 5.16. The molecule has 0 aliphatic rings. The Morgan fingerprint density at radius 1 is 1.90 bits per heavy atom. The van der Waals surface area contributed by atoms with Gasteiger partial charge < -0.3 is 0 Å². The van der Waals surface area contributed by atoms with Crippen molar-refractivity contribution in [3.63, 3.8) is 0 Å². The fourth-order valence-corrected chi connectivity index (χ4v) is 0.984. The average Bonchev–Trinajstić information content (AvgIpc) is 1.88. The molecule has 0 aromatic heterocycles. The minimum atomic E-state index is -1.10. The molecule has 0 amide bonds. The Morgan fingerprint density at radius 3 is 2.50 bits per heavy atom. The van der Waals surface area contributed by atoms with E-state index in [4.69, 9.17) is 5.26 Å². The Hall–Kier alpha value is -0.620. The quantitative estimate of drug-likeness (QED) is 0.578. The van der Waals surface area contributed by atoms with E-state index in [0.717, 1.165) is 0 Å². The van der Waals surface area contributed by atoms with Crippen LogP contribution in [0.25, 0.3) is 0 Å². The largest absolute Gasteiger partial charge is 0.258 e. The first-order chi connectivity index (χ1) is 4.56. The predicted octanol–water partition coefficient (Wildman–Crippen LogP) is 1.22. The zero-order valence-corrected chi connectivity index (χ0v) is 7.07. The summed E-state index contributed by atoms with van der Waals surface area (Å²) in [5.41, 5.74) is 0. The zero-order chi connectivity index (χ0) is 8.20. The minimum absolute atomic E-state index is 0.479. The van der Waals surface area contributed by atoms with Gasteiger partial charge in [-0.3, -0.25) is 4.21 Å². The Balaban J connectivity index is 4.42. The van der Waals surface area contributed by atoms with Crippen LogP contribution in [0.15, 0.2) is 12.7 Å². The van der Waals surface area contributed by atoms with E-state index in [-0.39, 0.29) is 0 Å². The summed E-state index contributed by atoms with van der Waals surface area (Å²) in [5, 5.41) is 8.60. The van der Waals surface area contributed by atoms with Crippen molar-refractivity contribution in [2.75, 3.05) is 6.26 Å². The molecule has 0 heterocycles. The lowest BCUT2D eigenvalue weighted by Crippen LogP contribution is -2.26. The maximum Gasteiger partial charge on any atom is 0.132 e. The lowest BCUT2D eigenvalue weighted by molar-refractivity contribution is 0.660. The summed E-state index contributed by atoms with van der Waals surface area (Å²) in [5.74, 6) is 0. The highest BCUT2D eigenvalue weighted by molar-refractivity contribution is 7.86. The van der Waals surface area contributed by atoms with Gasteiger partial charge in [0.25, 0.3) is 0 Å². The van der Waals surface area contributed by atoms with Gasteiger partial charge in [0.15, 0.2) is 0 Å². The summed E-state index contributed by atoms with van der Waals surface area (Å²) >= 11 is 0. The third-order valence-corrected chi connectivity index (χ3v) is 2.93. The minimum Gasteiger partial charge on any atom is -0.258 e. The third kappa shape index (κ3) is 1.96. The summed E-state index contributed by atoms with van der Waals surface area (Å²) in [7, 11) is -1.10. The normalized spacial score (nSPS) is 18.5. The summed E-state index contributed by atoms with van der Waals surface area (Å²) in [6, 6.07) is 2.01. The van der Waals surface area contributed by atoms with E-state index in [0.29, 0.717) is 6.42 Å². The molecule has 0 saturated carbocycles. The molecular formula is C7H11NOS. The fourth-order valence-electron chi connectivity index (χ4n) is 0.503. The first kappa shape index (κ1) is 9.38. The predicted molar refractivity (Wildman–Crippen MR) is 42.9 cm³/mol. The molecule has 2 nitrogen and oxygen atoms in total. The smallest absolute Gasteiger partial charge is 0.132 e. The van der Waals surface area contributed by atoms with E-state index in [1.807, 2.05) is 6.07 Å². The average molecular weight is 157 g/mol. The molecule has 0 rings (SSSR count). The molecule has 0 aliphatic heterocycles. The Kier molecular flexibility index (Phi) is 3.31. The molecule has 2 atom stereocenters. The van der Waals surface area contributed by atoms with E-state index in [9.17, 15) is 4.21 Å². The van der Waals surface area contributed by atoms with Gasteiger partial charge in [0, 0.05) is 17.1 Å². The van der Waals surface area contributed by atoms with Crippen molar-refractivity contribution in [2.45, 2.75) is 18.1 Å². The summed E-state index contributed by atoms with van der Waals surface area (Å²) in [6.07, 6.45) is 3.63. The monoisotopic (exact) mass is 157 g/mol. The standard InChI is InChI=1S/C7H11NOS/c1-4-5-7(2,6-8)10(3)9/h4H,1,5H2,2-3H3/t7-,10+/m1/s1. The topological polar surface area (TPSA) is 40.9 Å². The maximum atomic E-state index is 10.9. The number of hydrogen-bond donors (Lipinski definition) is 0. The van der Waals surface area contributed by atoms with Crippen LogP contribution in [0, 0.1) is 11.3 Å². The Morgan fingerprint density at radius 2 is 2.40 bits per heavy atom. The molecule has 56 valence electrons. The van der Waals surface area contributed by atoms with E-state index in [1.165, 1.54) is 6.26 Å². The molecule has 0 aromatic carbocycles. The van der Waals surface area contributed by atoms with E-state index in [2.05, 4.69) is 6.58 Å². The van der Waals surface area contributed by atoms with E-state index in [1.54, 1.807) is 13.0 Å². The first-order valence-electron chi connectivity index (χ1n) is 2.92. The molecule has 10 heavy (non-hydrogen) atoms. The van der Waals surface area contributed by atoms with Gasteiger partial charge >= 0.3 is 0 Å². The highest BCUT2D eigenvalue weighted by Gasteiger charge is 2.26. The highest BCUT2D eigenvalue weighted by Crippen LogP contribution is 2.15. The summed E-state index contributed by atoms with van der Waals surface area (Å²) in [4.78, 5) is 0. The van der Waals surface area contributed by atoms with Crippen LogP contribution in [0.1, 0.15) is 13.3 Å². The Labute approximate surface area is 64.0 Å². The number of hydrogen-bond acceptors (Lipinski definition) is 2. The Bertz CT molecular complexity index is 194. The van der Waals surface area contributed by atoms with Gasteiger partial charge in [0.05, 0.1) is 6.07 Å². The molecular weight excluding hydrogens is 146 g/mol. The van der Waals surface area contributed by atoms with Gasteiger partial charge in [-0.25, -0.2) is 0 Å². The fraction of sp³-hybridized carbons (Fsp3) is 0.571. The van der Waals surface area contributed by atoms with Crippen LogP contribution in [-0.2, 0) is 10.8 Å². The second-order valence-electron chi connectivity index (χ2n) is 2.29. The third-order valence-electron chi connectivity index (χ3n) is 1.40. The van der Waals surface area contributed by atoms with E-state index >= 15 is 0 Å². The molecule has 0 spiro atoms. The molecule has 0 unspecified atom stereocenters. The van der Waals surface area contributed by atoms with Gasteiger partial charge in [-0.05, 0) is 13.3 Å². The first-order valence-corrected chi connectivity index (χ1v) is 4.48. The molecule has 0 aliphatic carbocycles. The van der Waals surface area contributed by atoms with Crippen LogP contribution in [0.3, 0.4) is 0 Å². The molecule has 3 heteroatoms. The van der Waals surface area contributed by atoms with Crippen molar-refractivity contribution < 1.29 is 4.21 Å². The van der Waals surface area contributed by atoms with Crippen LogP contribution in [0.4, 0.5) is 0 Å². The second-order valence-corrected chi connectivity index (χ2v) is 4.10. The van der Waals surface area contributed by atoms with E-state index < -0.39 is 15.5 Å². The molecule has 0 N–H and O–H groups in total. The highest BCUT2D eigenvalue weighted by atomic mass is 32.2. The SMILES string of the molecule is C=CC[C@](C)(C#N)[S@](C)=O. The van der Waals surface area contributed by atoms with Gasteiger partial charge in [-0.15, -0.1) is 6.58 Å².